The molecule has 60 valence electrons. The second kappa shape index (κ2) is 4.42. The van der Waals surface area contributed by atoms with Crippen LogP contribution in [-0.2, 0) is 20.9 Å². The van der Waals surface area contributed by atoms with Gasteiger partial charge in [-0.25, -0.2) is 0 Å². The molecule has 1 aliphatic rings. The molecule has 0 aliphatic heterocycles. The molecule has 1 rings (SSSR count). The molecule has 0 spiro atoms. The number of hydrogen-bond donors (Lipinski definition) is 1. The summed E-state index contributed by atoms with van der Waals surface area (Å²) >= 11 is 4.74. The van der Waals surface area contributed by atoms with Crippen LogP contribution in [0.2, 0.25) is 0 Å². The average molecular weight is 178 g/mol. The molecular formula is C7H14OS2. The minimum Gasteiger partial charge on any atom is -0.327 e. The van der Waals surface area contributed by atoms with Gasteiger partial charge in [0.2, 0.25) is 0 Å². The minimum atomic E-state index is -0.730. The van der Waals surface area contributed by atoms with Crippen LogP contribution in [0.25, 0.3) is 0 Å². The summed E-state index contributed by atoms with van der Waals surface area (Å²) in [7, 11) is -0.730. The molecule has 0 aromatic carbocycles. The van der Waals surface area contributed by atoms with Gasteiger partial charge in [-0.05, 0) is 29.9 Å². The molecule has 1 aliphatic carbocycles. The lowest BCUT2D eigenvalue weighted by atomic mass is 9.91. The third-order valence-corrected chi connectivity index (χ3v) is 3.27. The van der Waals surface area contributed by atoms with Crippen molar-refractivity contribution in [1.82, 2.24) is 0 Å². The lowest BCUT2D eigenvalue weighted by Gasteiger charge is -2.20. The Morgan fingerprint density at radius 3 is 2.40 bits per heavy atom. The van der Waals surface area contributed by atoms with Crippen molar-refractivity contribution in [3.8, 4) is 0 Å². The van der Waals surface area contributed by atoms with E-state index in [9.17, 15) is 0 Å². The molecule has 1 atom stereocenters. The van der Waals surface area contributed by atoms with Gasteiger partial charge in [0.05, 0.1) is 0 Å². The molecule has 0 heterocycles. The van der Waals surface area contributed by atoms with E-state index >= 15 is 0 Å². The quantitative estimate of drug-likeness (QED) is 0.699. The van der Waals surface area contributed by atoms with Gasteiger partial charge < -0.3 is 4.55 Å². The minimum absolute atomic E-state index is 0.730. The maximum Gasteiger partial charge on any atom is 0.0251 e. The maximum atomic E-state index is 8.95. The zero-order valence-electron chi connectivity index (χ0n) is 6.08. The SMILES string of the molecule is OS(=S)CC1CCCCC1. The van der Waals surface area contributed by atoms with Gasteiger partial charge >= 0.3 is 0 Å². The topological polar surface area (TPSA) is 20.2 Å². The van der Waals surface area contributed by atoms with Crippen LogP contribution in [0.3, 0.4) is 0 Å². The Bertz CT molecular complexity index is 119. The van der Waals surface area contributed by atoms with Crippen molar-refractivity contribution >= 4 is 20.9 Å². The van der Waals surface area contributed by atoms with Crippen LogP contribution in [0.15, 0.2) is 0 Å². The predicted octanol–water partition coefficient (Wildman–Crippen LogP) is 2.12. The zero-order valence-corrected chi connectivity index (χ0v) is 7.72. The molecule has 0 radical (unpaired) electrons. The molecule has 0 saturated heterocycles. The van der Waals surface area contributed by atoms with Gasteiger partial charge in [0, 0.05) is 15.5 Å². The van der Waals surface area contributed by atoms with Gasteiger partial charge in [-0.1, -0.05) is 19.3 Å². The van der Waals surface area contributed by atoms with Crippen LogP contribution in [-0.4, -0.2) is 10.3 Å². The van der Waals surface area contributed by atoms with E-state index in [-0.39, 0.29) is 0 Å². The molecule has 10 heavy (non-hydrogen) atoms. The second-order valence-corrected chi connectivity index (χ2v) is 5.12. The Morgan fingerprint density at radius 2 is 1.90 bits per heavy atom. The molecule has 1 saturated carbocycles. The maximum absolute atomic E-state index is 8.95. The average Bonchev–Trinajstić information content (AvgIpc) is 1.88. The normalized spacial score (nSPS) is 24.5. The van der Waals surface area contributed by atoms with Crippen LogP contribution in [0.5, 0.6) is 0 Å². The molecule has 0 bridgehead atoms. The molecule has 0 aromatic rings. The van der Waals surface area contributed by atoms with Gasteiger partial charge in [0.25, 0.3) is 0 Å². The van der Waals surface area contributed by atoms with Gasteiger partial charge in [-0.3, -0.25) is 0 Å². The van der Waals surface area contributed by atoms with Crippen LogP contribution in [0.1, 0.15) is 32.1 Å². The fourth-order valence-corrected chi connectivity index (χ4v) is 2.87. The molecule has 1 fully saturated rings. The van der Waals surface area contributed by atoms with E-state index in [1.54, 1.807) is 0 Å². The van der Waals surface area contributed by atoms with E-state index in [1.807, 2.05) is 0 Å². The monoisotopic (exact) mass is 178 g/mol. The van der Waals surface area contributed by atoms with Crippen LogP contribution in [0, 0.1) is 5.92 Å². The summed E-state index contributed by atoms with van der Waals surface area (Å²) in [5.74, 6) is 1.61. The fraction of sp³-hybridized carbons (Fsp3) is 1.00. The van der Waals surface area contributed by atoms with Crippen molar-refractivity contribution in [3.63, 3.8) is 0 Å². The van der Waals surface area contributed by atoms with Crippen molar-refractivity contribution < 1.29 is 4.55 Å². The third-order valence-electron chi connectivity index (χ3n) is 2.10. The van der Waals surface area contributed by atoms with E-state index in [0.717, 1.165) is 11.7 Å². The van der Waals surface area contributed by atoms with E-state index < -0.39 is 9.74 Å². The summed E-state index contributed by atoms with van der Waals surface area (Å²) in [6.45, 7) is 0. The van der Waals surface area contributed by atoms with Crippen molar-refractivity contribution in [2.45, 2.75) is 32.1 Å². The highest BCUT2D eigenvalue weighted by atomic mass is 32.8. The molecule has 0 amide bonds. The Morgan fingerprint density at radius 1 is 1.30 bits per heavy atom. The fourth-order valence-electron chi connectivity index (χ4n) is 1.56. The van der Waals surface area contributed by atoms with Crippen molar-refractivity contribution in [3.05, 3.63) is 0 Å². The van der Waals surface area contributed by atoms with Gasteiger partial charge in [-0.2, -0.15) is 0 Å². The van der Waals surface area contributed by atoms with E-state index in [1.165, 1.54) is 32.1 Å². The van der Waals surface area contributed by atoms with E-state index in [2.05, 4.69) is 0 Å². The Balaban J connectivity index is 2.19. The van der Waals surface area contributed by atoms with Crippen molar-refractivity contribution in [1.29, 1.82) is 0 Å². The second-order valence-electron chi connectivity index (χ2n) is 2.99. The summed E-state index contributed by atoms with van der Waals surface area (Å²) < 4.78 is 8.95. The highest BCUT2D eigenvalue weighted by molar-refractivity contribution is 8.25. The molecule has 1 N–H and O–H groups in total. The zero-order chi connectivity index (χ0) is 7.40. The molecule has 1 nitrogen and oxygen atoms in total. The first-order valence-corrected chi connectivity index (χ1v) is 6.14. The van der Waals surface area contributed by atoms with Crippen molar-refractivity contribution in [2.24, 2.45) is 5.92 Å². The summed E-state index contributed by atoms with van der Waals surface area (Å²) in [6, 6.07) is 0. The number of rotatable bonds is 2. The lowest BCUT2D eigenvalue weighted by Crippen LogP contribution is -2.13. The smallest absolute Gasteiger partial charge is 0.0251 e. The van der Waals surface area contributed by atoms with Crippen LogP contribution in [0.4, 0.5) is 0 Å². The Kier molecular flexibility index (Phi) is 3.81. The molecule has 0 aromatic heterocycles. The summed E-state index contributed by atoms with van der Waals surface area (Å²) in [5, 5.41) is 0. The predicted molar refractivity (Wildman–Crippen MR) is 48.8 cm³/mol. The van der Waals surface area contributed by atoms with Crippen LogP contribution < -0.4 is 0 Å². The van der Waals surface area contributed by atoms with Crippen LogP contribution >= 0.6 is 0 Å². The standard InChI is InChI=1S/C7H14OS2/c8-10(9)6-7-4-2-1-3-5-7/h7H,1-6H2,(H,8,9). The lowest BCUT2D eigenvalue weighted by molar-refractivity contribution is 0.387. The molecular weight excluding hydrogens is 164 g/mol. The van der Waals surface area contributed by atoms with E-state index in [0.29, 0.717) is 0 Å². The summed E-state index contributed by atoms with van der Waals surface area (Å²) in [6.07, 6.45) is 6.66. The summed E-state index contributed by atoms with van der Waals surface area (Å²) in [4.78, 5) is 0. The molecule has 1 unspecified atom stereocenters. The summed E-state index contributed by atoms with van der Waals surface area (Å²) in [5.41, 5.74) is 0. The Hall–Kier alpha value is 0.530. The highest BCUT2D eigenvalue weighted by Gasteiger charge is 2.13. The first-order chi connectivity index (χ1) is 4.79. The van der Waals surface area contributed by atoms with Crippen molar-refractivity contribution in [2.75, 3.05) is 5.75 Å². The van der Waals surface area contributed by atoms with Gasteiger partial charge in [0.15, 0.2) is 0 Å². The Labute approximate surface area is 69.6 Å². The highest BCUT2D eigenvalue weighted by Crippen LogP contribution is 2.23. The van der Waals surface area contributed by atoms with Gasteiger partial charge in [-0.15, -0.1) is 0 Å². The van der Waals surface area contributed by atoms with E-state index in [4.69, 9.17) is 15.7 Å². The third kappa shape index (κ3) is 3.08. The van der Waals surface area contributed by atoms with Gasteiger partial charge in [0.1, 0.15) is 0 Å². The number of hydrogen-bond acceptors (Lipinski definition) is 1. The first-order valence-electron chi connectivity index (χ1n) is 3.86. The first kappa shape index (κ1) is 8.62. The molecule has 3 heteroatoms. The largest absolute Gasteiger partial charge is 0.327 e.